The second kappa shape index (κ2) is 7.47. The zero-order chi connectivity index (χ0) is 21.3. The summed E-state index contributed by atoms with van der Waals surface area (Å²) in [6, 6.07) is 14.9. The first-order valence-corrected chi connectivity index (χ1v) is 9.21. The molecule has 0 bridgehead atoms. The molecule has 2 N–H and O–H groups in total. The summed E-state index contributed by atoms with van der Waals surface area (Å²) in [6.07, 6.45) is 1.57. The predicted molar refractivity (Wildman–Crippen MR) is 107 cm³/mol. The molecule has 0 saturated carbocycles. The van der Waals surface area contributed by atoms with Crippen LogP contribution in [0.15, 0.2) is 71.7 Å². The monoisotopic (exact) mass is 407 g/mol. The number of nitrogens with zero attached hydrogens (tertiary/aromatic N) is 1. The molecule has 1 aliphatic heterocycles. The molecular weight excluding hydrogens is 389 g/mol. The number of nitrogens with one attached hydrogen (secondary N) is 2. The first-order valence-electron chi connectivity index (χ1n) is 9.21. The highest BCUT2D eigenvalue weighted by Gasteiger charge is 2.48. The van der Waals surface area contributed by atoms with Crippen molar-refractivity contribution in [3.63, 3.8) is 0 Å². The maximum absolute atomic E-state index is 13.0. The second-order valence-electron chi connectivity index (χ2n) is 7.02. The number of carbonyl (C=O) groups is 2. The highest BCUT2D eigenvalue weighted by molar-refractivity contribution is 6.07. The van der Waals surface area contributed by atoms with Gasteiger partial charge in [-0.2, -0.15) is 0 Å². The van der Waals surface area contributed by atoms with E-state index >= 15 is 0 Å². The number of halogens is 1. The first kappa shape index (κ1) is 19.4. The summed E-state index contributed by atoms with van der Waals surface area (Å²) in [5.74, 6) is 0.0113. The Labute approximate surface area is 171 Å². The lowest BCUT2D eigenvalue weighted by molar-refractivity contribution is -0.124. The molecule has 1 saturated heterocycles. The van der Waals surface area contributed by atoms with Gasteiger partial charge in [0.1, 0.15) is 17.3 Å². The minimum absolute atomic E-state index is 0.0662. The number of hydrogen-bond acceptors (Lipinski definition) is 4. The third-order valence-corrected chi connectivity index (χ3v) is 4.96. The molecule has 0 aliphatic carbocycles. The van der Waals surface area contributed by atoms with Gasteiger partial charge >= 0.3 is 6.03 Å². The Balaban J connectivity index is 1.67. The van der Waals surface area contributed by atoms with Crippen molar-refractivity contribution < 1.29 is 18.7 Å². The van der Waals surface area contributed by atoms with Gasteiger partial charge in [-0.3, -0.25) is 14.9 Å². The Morgan fingerprint density at radius 1 is 0.967 bits per heavy atom. The van der Waals surface area contributed by atoms with Crippen molar-refractivity contribution >= 4 is 11.9 Å². The maximum atomic E-state index is 13.0. The fourth-order valence-corrected chi connectivity index (χ4v) is 3.38. The van der Waals surface area contributed by atoms with E-state index in [0.717, 1.165) is 0 Å². The molecule has 3 aromatic rings. The SMILES string of the molecule is Cc1cccn(CC2(c3ccc(Oc4ccc(F)cc4)cc3)NC(=O)NC2=O)c1=O. The summed E-state index contributed by atoms with van der Waals surface area (Å²) in [5.41, 5.74) is -0.670. The number of hydrogen-bond donors (Lipinski definition) is 2. The summed E-state index contributed by atoms with van der Waals surface area (Å²) >= 11 is 0. The highest BCUT2D eigenvalue weighted by Crippen LogP contribution is 2.30. The molecule has 152 valence electrons. The Bertz CT molecular complexity index is 1170. The molecule has 8 heteroatoms. The average Bonchev–Trinajstić information content (AvgIpc) is 3.01. The van der Waals surface area contributed by atoms with Crippen LogP contribution in [0.1, 0.15) is 11.1 Å². The normalized spacial score (nSPS) is 18.1. The van der Waals surface area contributed by atoms with Gasteiger partial charge in [0.15, 0.2) is 5.54 Å². The molecule has 0 radical (unpaired) electrons. The highest BCUT2D eigenvalue weighted by atomic mass is 19.1. The van der Waals surface area contributed by atoms with Crippen LogP contribution < -0.4 is 20.9 Å². The third-order valence-electron chi connectivity index (χ3n) is 4.96. The number of carbonyl (C=O) groups excluding carboxylic acids is 2. The molecule has 2 heterocycles. The number of rotatable bonds is 5. The molecule has 1 atom stereocenters. The zero-order valence-corrected chi connectivity index (χ0v) is 16.0. The van der Waals surface area contributed by atoms with E-state index in [-0.39, 0.29) is 17.9 Å². The lowest BCUT2D eigenvalue weighted by atomic mass is 9.89. The molecule has 1 fully saturated rings. The van der Waals surface area contributed by atoms with Crippen LogP contribution in [-0.2, 0) is 16.9 Å². The van der Waals surface area contributed by atoms with Crippen LogP contribution in [0, 0.1) is 12.7 Å². The van der Waals surface area contributed by atoms with E-state index in [1.54, 1.807) is 49.5 Å². The molecule has 3 amide bonds. The number of imide groups is 1. The van der Waals surface area contributed by atoms with Crippen LogP contribution in [0.3, 0.4) is 0 Å². The van der Waals surface area contributed by atoms with Gasteiger partial charge in [0.05, 0.1) is 6.54 Å². The van der Waals surface area contributed by atoms with Gasteiger partial charge in [0, 0.05) is 11.8 Å². The van der Waals surface area contributed by atoms with E-state index in [9.17, 15) is 18.8 Å². The standard InChI is InChI=1S/C22H18FN3O4/c1-14-3-2-12-26(19(14)27)13-22(20(28)24-21(29)25-22)15-4-8-17(9-5-15)30-18-10-6-16(23)7-11-18/h2-12H,13H2,1H3,(H2,24,25,28,29). The topological polar surface area (TPSA) is 89.4 Å². The van der Waals surface area contributed by atoms with E-state index in [1.165, 1.54) is 28.8 Å². The number of urea groups is 1. The van der Waals surface area contributed by atoms with Crippen molar-refractivity contribution in [2.45, 2.75) is 19.0 Å². The molecule has 30 heavy (non-hydrogen) atoms. The van der Waals surface area contributed by atoms with Crippen LogP contribution in [0.4, 0.5) is 9.18 Å². The van der Waals surface area contributed by atoms with Gasteiger partial charge in [-0.15, -0.1) is 0 Å². The van der Waals surface area contributed by atoms with Crippen LogP contribution in [0.5, 0.6) is 11.5 Å². The zero-order valence-electron chi connectivity index (χ0n) is 16.0. The van der Waals surface area contributed by atoms with E-state index < -0.39 is 17.5 Å². The van der Waals surface area contributed by atoms with E-state index in [0.29, 0.717) is 22.6 Å². The van der Waals surface area contributed by atoms with Crippen molar-refractivity contribution in [2.75, 3.05) is 0 Å². The summed E-state index contributed by atoms with van der Waals surface area (Å²) in [7, 11) is 0. The minimum atomic E-state index is -1.44. The molecular formula is C22H18FN3O4. The van der Waals surface area contributed by atoms with E-state index in [2.05, 4.69) is 10.6 Å². The van der Waals surface area contributed by atoms with Gasteiger partial charge in [-0.05, 0) is 55.0 Å². The number of pyridine rings is 1. The lowest BCUT2D eigenvalue weighted by Gasteiger charge is -2.27. The van der Waals surface area contributed by atoms with Crippen LogP contribution >= 0.6 is 0 Å². The first-order chi connectivity index (χ1) is 14.4. The van der Waals surface area contributed by atoms with Gasteiger partial charge in [-0.1, -0.05) is 18.2 Å². The van der Waals surface area contributed by atoms with Crippen molar-refractivity contribution in [1.29, 1.82) is 0 Å². The predicted octanol–water partition coefficient (Wildman–Crippen LogP) is 2.82. The Morgan fingerprint density at radius 2 is 1.60 bits per heavy atom. The summed E-state index contributed by atoms with van der Waals surface area (Å²) in [5, 5.41) is 4.91. The number of amides is 3. The van der Waals surface area contributed by atoms with Gasteiger partial charge in [0.2, 0.25) is 0 Å². The molecule has 0 spiro atoms. The van der Waals surface area contributed by atoms with Gasteiger partial charge in [0.25, 0.3) is 11.5 Å². The van der Waals surface area contributed by atoms with Crippen molar-refractivity contribution in [1.82, 2.24) is 15.2 Å². The van der Waals surface area contributed by atoms with Gasteiger partial charge < -0.3 is 14.6 Å². The van der Waals surface area contributed by atoms with Crippen LogP contribution in [0.25, 0.3) is 0 Å². The maximum Gasteiger partial charge on any atom is 0.322 e. The van der Waals surface area contributed by atoms with E-state index in [1.807, 2.05) is 0 Å². The Morgan fingerprint density at radius 3 is 2.20 bits per heavy atom. The number of benzene rings is 2. The fourth-order valence-electron chi connectivity index (χ4n) is 3.38. The number of aromatic nitrogens is 1. The minimum Gasteiger partial charge on any atom is -0.457 e. The van der Waals surface area contributed by atoms with Crippen molar-refractivity contribution in [2.24, 2.45) is 0 Å². The largest absolute Gasteiger partial charge is 0.457 e. The average molecular weight is 407 g/mol. The van der Waals surface area contributed by atoms with Gasteiger partial charge in [-0.25, -0.2) is 9.18 Å². The van der Waals surface area contributed by atoms with E-state index in [4.69, 9.17) is 4.74 Å². The Hall–Kier alpha value is -3.94. The number of ether oxygens (including phenoxy) is 1. The van der Waals surface area contributed by atoms with Crippen molar-refractivity contribution in [3.8, 4) is 11.5 Å². The molecule has 2 aromatic carbocycles. The molecule has 1 aliphatic rings. The lowest BCUT2D eigenvalue weighted by Crippen LogP contribution is -2.49. The second-order valence-corrected chi connectivity index (χ2v) is 7.02. The smallest absolute Gasteiger partial charge is 0.322 e. The Kier molecular flexibility index (Phi) is 4.83. The summed E-state index contributed by atoms with van der Waals surface area (Å²) in [6.45, 7) is 1.61. The van der Waals surface area contributed by atoms with Crippen LogP contribution in [0.2, 0.25) is 0 Å². The third kappa shape index (κ3) is 3.55. The summed E-state index contributed by atoms with van der Waals surface area (Å²) < 4.78 is 20.1. The molecule has 1 unspecified atom stereocenters. The molecule has 7 nitrogen and oxygen atoms in total. The molecule has 4 rings (SSSR count). The number of aryl methyl sites for hydroxylation is 1. The van der Waals surface area contributed by atoms with Crippen LogP contribution in [-0.4, -0.2) is 16.5 Å². The quantitative estimate of drug-likeness (QED) is 0.637. The van der Waals surface area contributed by atoms with Crippen molar-refractivity contribution in [3.05, 3.63) is 94.2 Å². The summed E-state index contributed by atoms with van der Waals surface area (Å²) in [4.78, 5) is 37.1. The fraction of sp³-hybridized carbons (Fsp3) is 0.136. The molecule has 1 aromatic heterocycles.